The van der Waals surface area contributed by atoms with Crippen molar-refractivity contribution >= 4 is 16.8 Å². The van der Waals surface area contributed by atoms with E-state index >= 15 is 0 Å². The van der Waals surface area contributed by atoms with Crippen molar-refractivity contribution in [3.05, 3.63) is 65.9 Å². The van der Waals surface area contributed by atoms with Gasteiger partial charge in [0.15, 0.2) is 0 Å². The molecule has 1 aromatic heterocycles. The minimum atomic E-state index is -0.0336. The normalized spacial score (nSPS) is 10.7. The van der Waals surface area contributed by atoms with E-state index in [9.17, 15) is 4.79 Å². The van der Waals surface area contributed by atoms with Crippen LogP contribution in [0.15, 0.2) is 54.6 Å². The van der Waals surface area contributed by atoms with Crippen LogP contribution in [-0.4, -0.2) is 36.0 Å². The average molecular weight is 308 g/mol. The van der Waals surface area contributed by atoms with E-state index in [0.717, 1.165) is 16.7 Å². The number of aromatic amines is 1. The Morgan fingerprint density at radius 1 is 1.13 bits per heavy atom. The summed E-state index contributed by atoms with van der Waals surface area (Å²) in [5, 5.41) is 1.04. The van der Waals surface area contributed by atoms with Gasteiger partial charge in [-0.15, -0.1) is 0 Å². The molecule has 0 unspecified atom stereocenters. The van der Waals surface area contributed by atoms with Gasteiger partial charge in [0.25, 0.3) is 5.91 Å². The first-order valence-electron chi connectivity index (χ1n) is 7.66. The van der Waals surface area contributed by atoms with E-state index in [4.69, 9.17) is 4.74 Å². The van der Waals surface area contributed by atoms with E-state index in [1.165, 1.54) is 5.56 Å². The number of hydrogen-bond acceptors (Lipinski definition) is 2. The first-order valence-corrected chi connectivity index (χ1v) is 7.66. The maximum atomic E-state index is 12.4. The number of aryl methyl sites for hydroxylation is 1. The maximum absolute atomic E-state index is 12.4. The van der Waals surface area contributed by atoms with Crippen LogP contribution < -0.4 is 4.74 Å². The highest BCUT2D eigenvalue weighted by atomic mass is 16.5. The molecule has 0 aliphatic carbocycles. The van der Waals surface area contributed by atoms with Gasteiger partial charge >= 0.3 is 0 Å². The Balaban J connectivity index is 1.57. The highest BCUT2D eigenvalue weighted by molar-refractivity contribution is 5.97. The molecule has 1 N–H and O–H groups in total. The van der Waals surface area contributed by atoms with Crippen LogP contribution in [0.5, 0.6) is 5.75 Å². The summed E-state index contributed by atoms with van der Waals surface area (Å²) in [6.45, 7) is 3.03. The van der Waals surface area contributed by atoms with Crippen molar-refractivity contribution in [3.8, 4) is 5.75 Å². The quantitative estimate of drug-likeness (QED) is 0.782. The smallest absolute Gasteiger partial charge is 0.270 e. The Morgan fingerprint density at radius 3 is 2.61 bits per heavy atom. The van der Waals surface area contributed by atoms with E-state index in [0.29, 0.717) is 18.8 Å². The molecular weight excluding hydrogens is 288 g/mol. The summed E-state index contributed by atoms with van der Waals surface area (Å²) in [7, 11) is 1.78. The van der Waals surface area contributed by atoms with Crippen molar-refractivity contribution in [2.75, 3.05) is 20.2 Å². The van der Waals surface area contributed by atoms with Crippen LogP contribution in [0.4, 0.5) is 0 Å². The maximum Gasteiger partial charge on any atom is 0.270 e. The van der Waals surface area contributed by atoms with Crippen molar-refractivity contribution < 1.29 is 9.53 Å². The molecule has 0 saturated heterocycles. The van der Waals surface area contributed by atoms with Crippen LogP contribution in [-0.2, 0) is 0 Å². The number of ether oxygens (including phenoxy) is 1. The van der Waals surface area contributed by atoms with Crippen molar-refractivity contribution in [1.82, 2.24) is 9.88 Å². The molecule has 0 fully saturated rings. The summed E-state index contributed by atoms with van der Waals surface area (Å²) in [5.74, 6) is 0.788. The minimum Gasteiger partial charge on any atom is -0.492 e. The molecule has 3 aromatic rings. The number of nitrogens with one attached hydrogen (secondary N) is 1. The molecule has 4 nitrogen and oxygen atoms in total. The number of H-pyrrole nitrogens is 1. The van der Waals surface area contributed by atoms with E-state index in [2.05, 4.69) is 4.98 Å². The lowest BCUT2D eigenvalue weighted by atomic mass is 10.2. The molecule has 118 valence electrons. The summed E-state index contributed by atoms with van der Waals surface area (Å²) < 4.78 is 5.67. The van der Waals surface area contributed by atoms with Crippen molar-refractivity contribution in [3.63, 3.8) is 0 Å². The number of rotatable bonds is 5. The summed E-state index contributed by atoms with van der Waals surface area (Å²) in [4.78, 5) is 17.3. The number of hydrogen-bond donors (Lipinski definition) is 1. The summed E-state index contributed by atoms with van der Waals surface area (Å²) in [6, 6.07) is 17.6. The minimum absolute atomic E-state index is 0.0336. The molecule has 4 heteroatoms. The topological polar surface area (TPSA) is 45.3 Å². The van der Waals surface area contributed by atoms with E-state index in [1.807, 2.05) is 61.5 Å². The Hall–Kier alpha value is -2.75. The predicted octanol–water partition coefficient (Wildman–Crippen LogP) is 3.63. The third-order valence-corrected chi connectivity index (χ3v) is 3.82. The number of likely N-dealkylation sites (N-methyl/N-ethyl adjacent to an activating group) is 1. The Labute approximate surface area is 135 Å². The number of fused-ring (bicyclic) bond motifs is 1. The highest BCUT2D eigenvalue weighted by Gasteiger charge is 2.14. The lowest BCUT2D eigenvalue weighted by Gasteiger charge is -2.16. The molecule has 0 bridgehead atoms. The second kappa shape index (κ2) is 6.57. The summed E-state index contributed by atoms with van der Waals surface area (Å²) in [5.41, 5.74) is 2.77. The molecule has 2 aromatic carbocycles. The number of carbonyl (C=O) groups excluding carboxylic acids is 1. The first-order chi connectivity index (χ1) is 11.1. The molecule has 0 aliphatic rings. The molecular formula is C19H20N2O2. The Bertz CT molecular complexity index is 773. The van der Waals surface area contributed by atoms with Gasteiger partial charge < -0.3 is 14.6 Å². The Kier molecular flexibility index (Phi) is 4.33. The van der Waals surface area contributed by atoms with Crippen molar-refractivity contribution in [2.45, 2.75) is 6.92 Å². The second-order valence-corrected chi connectivity index (χ2v) is 5.66. The average Bonchev–Trinajstić information content (AvgIpc) is 3.00. The lowest BCUT2D eigenvalue weighted by molar-refractivity contribution is 0.0769. The van der Waals surface area contributed by atoms with Crippen molar-refractivity contribution in [1.29, 1.82) is 0 Å². The number of aromatic nitrogens is 1. The number of para-hydroxylation sites is 1. The van der Waals surface area contributed by atoms with Gasteiger partial charge in [-0.25, -0.2) is 0 Å². The molecule has 0 saturated carbocycles. The van der Waals surface area contributed by atoms with Crippen LogP contribution in [0.2, 0.25) is 0 Å². The van der Waals surface area contributed by atoms with Gasteiger partial charge in [0.05, 0.1) is 6.54 Å². The number of benzene rings is 2. The third-order valence-electron chi connectivity index (χ3n) is 3.82. The zero-order valence-electron chi connectivity index (χ0n) is 13.4. The SMILES string of the molecule is Cc1ccc(OCCN(C)C(=O)c2cc3ccccc3[nH]2)cc1. The fourth-order valence-corrected chi connectivity index (χ4v) is 2.43. The monoisotopic (exact) mass is 308 g/mol. The molecule has 0 radical (unpaired) electrons. The van der Waals surface area contributed by atoms with Crippen LogP contribution >= 0.6 is 0 Å². The molecule has 1 amide bonds. The number of amides is 1. The Morgan fingerprint density at radius 2 is 1.87 bits per heavy atom. The molecule has 3 rings (SSSR count). The molecule has 1 heterocycles. The van der Waals surface area contributed by atoms with Gasteiger partial charge in [-0.3, -0.25) is 4.79 Å². The molecule has 0 spiro atoms. The first kappa shape index (κ1) is 15.2. The van der Waals surface area contributed by atoms with Gasteiger partial charge in [-0.2, -0.15) is 0 Å². The van der Waals surface area contributed by atoms with Gasteiger partial charge in [0.2, 0.25) is 0 Å². The number of carbonyl (C=O) groups is 1. The molecule has 23 heavy (non-hydrogen) atoms. The van der Waals surface area contributed by atoms with E-state index in [-0.39, 0.29) is 5.91 Å². The summed E-state index contributed by atoms with van der Waals surface area (Å²) >= 11 is 0. The largest absolute Gasteiger partial charge is 0.492 e. The van der Waals surface area contributed by atoms with Gasteiger partial charge in [-0.05, 0) is 31.2 Å². The zero-order chi connectivity index (χ0) is 16.2. The predicted molar refractivity (Wildman–Crippen MR) is 91.9 cm³/mol. The third kappa shape index (κ3) is 3.54. The van der Waals surface area contributed by atoms with E-state index < -0.39 is 0 Å². The van der Waals surface area contributed by atoms with Crippen LogP contribution in [0.3, 0.4) is 0 Å². The zero-order valence-corrected chi connectivity index (χ0v) is 13.4. The van der Waals surface area contributed by atoms with Crippen LogP contribution in [0.25, 0.3) is 10.9 Å². The molecule has 0 aliphatic heterocycles. The number of nitrogens with zero attached hydrogens (tertiary/aromatic N) is 1. The van der Waals surface area contributed by atoms with E-state index in [1.54, 1.807) is 11.9 Å². The van der Waals surface area contributed by atoms with Crippen LogP contribution in [0, 0.1) is 6.92 Å². The lowest BCUT2D eigenvalue weighted by Crippen LogP contribution is -2.31. The van der Waals surface area contributed by atoms with Crippen molar-refractivity contribution in [2.24, 2.45) is 0 Å². The summed E-state index contributed by atoms with van der Waals surface area (Å²) in [6.07, 6.45) is 0. The highest BCUT2D eigenvalue weighted by Crippen LogP contribution is 2.16. The van der Waals surface area contributed by atoms with Gasteiger partial charge in [-0.1, -0.05) is 35.9 Å². The molecule has 0 atom stereocenters. The second-order valence-electron chi connectivity index (χ2n) is 5.66. The fourth-order valence-electron chi connectivity index (χ4n) is 2.43. The van der Waals surface area contributed by atoms with Gasteiger partial charge in [0, 0.05) is 18.0 Å². The van der Waals surface area contributed by atoms with Gasteiger partial charge in [0.1, 0.15) is 18.1 Å². The fraction of sp³-hybridized carbons (Fsp3) is 0.211. The van der Waals surface area contributed by atoms with Crippen LogP contribution in [0.1, 0.15) is 16.1 Å². The standard InChI is InChI=1S/C19H20N2O2/c1-14-7-9-16(10-8-14)23-12-11-21(2)19(22)18-13-15-5-3-4-6-17(15)20-18/h3-10,13,20H,11-12H2,1-2H3.